The molecule has 150 valence electrons. The summed E-state index contributed by atoms with van der Waals surface area (Å²) in [6.07, 6.45) is 11.1. The van der Waals surface area contributed by atoms with E-state index in [9.17, 15) is 9.59 Å². The molecule has 29 heavy (non-hydrogen) atoms. The van der Waals surface area contributed by atoms with E-state index in [1.54, 1.807) is 24.2 Å². The quantitative estimate of drug-likeness (QED) is 0.332. The second kappa shape index (κ2) is 10.4. The molecule has 1 aromatic carbocycles. The number of rotatable bonds is 9. The van der Waals surface area contributed by atoms with Gasteiger partial charge in [0.05, 0.1) is 23.7 Å². The summed E-state index contributed by atoms with van der Waals surface area (Å²) in [5.74, 6) is 0.474. The maximum atomic E-state index is 12.6. The van der Waals surface area contributed by atoms with Crippen LogP contribution in [0, 0.1) is 0 Å². The zero-order valence-corrected chi connectivity index (χ0v) is 16.9. The van der Waals surface area contributed by atoms with E-state index in [0.29, 0.717) is 24.1 Å². The predicted molar refractivity (Wildman–Crippen MR) is 115 cm³/mol. The molecule has 2 heterocycles. The number of hydrogen-bond acceptors (Lipinski definition) is 6. The van der Waals surface area contributed by atoms with E-state index >= 15 is 0 Å². The zero-order chi connectivity index (χ0) is 20.5. The number of benzene rings is 1. The highest BCUT2D eigenvalue weighted by molar-refractivity contribution is 7.98. The summed E-state index contributed by atoms with van der Waals surface area (Å²) < 4.78 is 6.86. The van der Waals surface area contributed by atoms with Gasteiger partial charge in [-0.25, -0.2) is 4.98 Å². The van der Waals surface area contributed by atoms with E-state index in [0.717, 1.165) is 23.5 Å². The molecule has 0 aliphatic heterocycles. The van der Waals surface area contributed by atoms with Gasteiger partial charge in [0.25, 0.3) is 5.56 Å². The van der Waals surface area contributed by atoms with E-state index in [2.05, 4.69) is 15.3 Å². The largest absolute Gasteiger partial charge is 0.492 e. The van der Waals surface area contributed by atoms with Crippen LogP contribution in [0.5, 0.6) is 5.75 Å². The van der Waals surface area contributed by atoms with E-state index in [1.807, 2.05) is 36.6 Å². The molecule has 0 spiro atoms. The number of thioether (sulfide) groups is 1. The SMILES string of the molecule is CSc1ccc2ncn(C=CC(=O)NCCCCOc3cccnc3)c(=O)c2c1. The second-order valence-corrected chi connectivity index (χ2v) is 7.07. The van der Waals surface area contributed by atoms with E-state index in [4.69, 9.17) is 4.74 Å². The Hall–Kier alpha value is -3.13. The maximum absolute atomic E-state index is 12.6. The average Bonchev–Trinajstić information content (AvgIpc) is 2.76. The molecule has 0 aliphatic carbocycles. The lowest BCUT2D eigenvalue weighted by atomic mass is 10.2. The third-order valence-electron chi connectivity index (χ3n) is 4.15. The lowest BCUT2D eigenvalue weighted by Gasteiger charge is -2.06. The molecular weight excluding hydrogens is 388 g/mol. The summed E-state index contributed by atoms with van der Waals surface area (Å²) in [6, 6.07) is 9.23. The predicted octanol–water partition coefficient (Wildman–Crippen LogP) is 2.96. The second-order valence-electron chi connectivity index (χ2n) is 6.19. The first-order chi connectivity index (χ1) is 14.2. The summed E-state index contributed by atoms with van der Waals surface area (Å²) in [5.41, 5.74) is 0.429. The highest BCUT2D eigenvalue weighted by Gasteiger charge is 2.04. The van der Waals surface area contributed by atoms with Crippen LogP contribution in [0.3, 0.4) is 0 Å². The van der Waals surface area contributed by atoms with Gasteiger partial charge in [-0.3, -0.25) is 19.1 Å². The third-order valence-corrected chi connectivity index (χ3v) is 4.88. The van der Waals surface area contributed by atoms with Gasteiger partial charge in [0, 0.05) is 29.9 Å². The Morgan fingerprint density at radius 1 is 1.31 bits per heavy atom. The van der Waals surface area contributed by atoms with Gasteiger partial charge in [-0.1, -0.05) is 0 Å². The minimum atomic E-state index is -0.261. The van der Waals surface area contributed by atoms with Crippen molar-refractivity contribution in [3.05, 3.63) is 65.5 Å². The van der Waals surface area contributed by atoms with E-state index in [-0.39, 0.29) is 11.5 Å². The summed E-state index contributed by atoms with van der Waals surface area (Å²) in [4.78, 5) is 33.8. The Balaban J connectivity index is 1.46. The van der Waals surface area contributed by atoms with Crippen LogP contribution in [0.15, 0.2) is 64.8 Å². The van der Waals surface area contributed by atoms with E-state index in [1.165, 1.54) is 23.2 Å². The number of amides is 1. The minimum absolute atomic E-state index is 0.206. The van der Waals surface area contributed by atoms with Gasteiger partial charge in [0.1, 0.15) is 12.1 Å². The van der Waals surface area contributed by atoms with Gasteiger partial charge in [-0.2, -0.15) is 0 Å². The molecular formula is C21H22N4O3S. The first-order valence-electron chi connectivity index (χ1n) is 9.21. The van der Waals surface area contributed by atoms with Crippen molar-refractivity contribution in [1.82, 2.24) is 19.9 Å². The topological polar surface area (TPSA) is 86.1 Å². The first kappa shape index (κ1) is 20.6. The number of nitrogens with zero attached hydrogens (tertiary/aromatic N) is 3. The van der Waals surface area contributed by atoms with Crippen LogP contribution in [0.25, 0.3) is 17.1 Å². The van der Waals surface area contributed by atoms with Crippen molar-refractivity contribution in [1.29, 1.82) is 0 Å². The van der Waals surface area contributed by atoms with E-state index < -0.39 is 0 Å². The van der Waals surface area contributed by atoms with Gasteiger partial charge < -0.3 is 10.1 Å². The van der Waals surface area contributed by atoms with Crippen LogP contribution in [0.2, 0.25) is 0 Å². The third kappa shape index (κ3) is 5.92. The van der Waals surface area contributed by atoms with Gasteiger partial charge >= 0.3 is 0 Å². The molecule has 1 N–H and O–H groups in total. The van der Waals surface area contributed by atoms with Crippen LogP contribution in [0.4, 0.5) is 0 Å². The molecule has 0 unspecified atom stereocenters. The summed E-state index contributed by atoms with van der Waals surface area (Å²) in [6.45, 7) is 1.09. The highest BCUT2D eigenvalue weighted by Crippen LogP contribution is 2.18. The number of aromatic nitrogens is 3. The number of unbranched alkanes of at least 4 members (excludes halogenated alkanes) is 1. The van der Waals surface area contributed by atoms with Crippen molar-refractivity contribution in [3.63, 3.8) is 0 Å². The summed E-state index contributed by atoms with van der Waals surface area (Å²) in [7, 11) is 0. The van der Waals surface area contributed by atoms with Gasteiger partial charge in [-0.15, -0.1) is 11.8 Å². The minimum Gasteiger partial charge on any atom is -0.492 e. The van der Waals surface area contributed by atoms with Gasteiger partial charge in [-0.05, 0) is 49.4 Å². The maximum Gasteiger partial charge on any atom is 0.265 e. The summed E-state index contributed by atoms with van der Waals surface area (Å²) in [5, 5.41) is 3.32. The number of ether oxygens (including phenoxy) is 1. The number of hydrogen-bond donors (Lipinski definition) is 1. The van der Waals surface area contributed by atoms with Crippen LogP contribution < -0.4 is 15.6 Å². The molecule has 0 aliphatic rings. The molecule has 0 atom stereocenters. The molecule has 3 rings (SSSR count). The lowest BCUT2D eigenvalue weighted by Crippen LogP contribution is -2.23. The van der Waals surface area contributed by atoms with Crippen molar-refractivity contribution in [3.8, 4) is 5.75 Å². The molecule has 1 amide bonds. The fraction of sp³-hybridized carbons (Fsp3) is 0.238. The molecule has 2 aromatic heterocycles. The van der Waals surface area contributed by atoms with Gasteiger partial charge in [0.15, 0.2) is 0 Å². The molecule has 8 heteroatoms. The molecule has 0 fully saturated rings. The van der Waals surface area contributed by atoms with Crippen molar-refractivity contribution in [2.24, 2.45) is 0 Å². The Labute approximate surface area is 172 Å². The Morgan fingerprint density at radius 2 is 2.21 bits per heavy atom. The average molecular weight is 410 g/mol. The lowest BCUT2D eigenvalue weighted by molar-refractivity contribution is -0.116. The molecule has 0 radical (unpaired) electrons. The van der Waals surface area contributed by atoms with Crippen LogP contribution in [-0.4, -0.2) is 39.8 Å². The monoisotopic (exact) mass is 410 g/mol. The fourth-order valence-electron chi connectivity index (χ4n) is 2.62. The Morgan fingerprint density at radius 3 is 3.00 bits per heavy atom. The van der Waals surface area contributed by atoms with Crippen molar-refractivity contribution in [2.75, 3.05) is 19.4 Å². The normalized spacial score (nSPS) is 11.1. The first-order valence-corrected chi connectivity index (χ1v) is 10.4. The molecule has 3 aromatic rings. The van der Waals surface area contributed by atoms with Crippen molar-refractivity contribution in [2.45, 2.75) is 17.7 Å². The number of pyridine rings is 1. The summed E-state index contributed by atoms with van der Waals surface area (Å²) >= 11 is 1.56. The van der Waals surface area contributed by atoms with Crippen LogP contribution in [0.1, 0.15) is 12.8 Å². The molecule has 0 bridgehead atoms. The fourth-order valence-corrected chi connectivity index (χ4v) is 3.06. The molecule has 0 saturated heterocycles. The number of fused-ring (bicyclic) bond motifs is 1. The molecule has 0 saturated carbocycles. The smallest absolute Gasteiger partial charge is 0.265 e. The number of carbonyl (C=O) groups excluding carboxylic acids is 1. The van der Waals surface area contributed by atoms with Gasteiger partial charge in [0.2, 0.25) is 5.91 Å². The van der Waals surface area contributed by atoms with Crippen molar-refractivity contribution < 1.29 is 9.53 Å². The Kier molecular flexibility index (Phi) is 7.40. The van der Waals surface area contributed by atoms with Crippen LogP contribution in [-0.2, 0) is 4.79 Å². The highest BCUT2D eigenvalue weighted by atomic mass is 32.2. The zero-order valence-electron chi connectivity index (χ0n) is 16.1. The van der Waals surface area contributed by atoms with Crippen LogP contribution >= 0.6 is 11.8 Å². The van der Waals surface area contributed by atoms with Crippen molar-refractivity contribution >= 4 is 34.8 Å². The molecule has 7 nitrogen and oxygen atoms in total. The number of carbonyl (C=O) groups is 1. The Bertz CT molecular complexity index is 1050. The number of nitrogens with one attached hydrogen (secondary N) is 1. The standard InChI is InChI=1S/C21H22N4O3S/c1-29-17-6-7-19-18(13-17)21(27)25(15-24-19)11-8-20(26)23-10-2-3-12-28-16-5-4-9-22-14-16/h4-9,11,13-15H,2-3,10,12H2,1H3,(H,23,26).